The molecule has 3 aromatic rings. The first-order valence-electron chi connectivity index (χ1n) is 9.76. The van der Waals surface area contributed by atoms with E-state index in [1.807, 2.05) is 19.1 Å². The molecule has 0 amide bonds. The van der Waals surface area contributed by atoms with Crippen molar-refractivity contribution >= 4 is 12.9 Å². The maximum Gasteiger partial charge on any atom is 0.707 e. The molecule has 4 heteroatoms. The zero-order chi connectivity index (χ0) is 21.2. The Morgan fingerprint density at radius 1 is 0.767 bits per heavy atom. The number of aryl methyl sites for hydroxylation is 1. The molecule has 3 aromatic carbocycles. The first kappa shape index (κ1) is 21.2. The zero-order valence-corrected chi connectivity index (χ0v) is 16.8. The van der Waals surface area contributed by atoms with Crippen molar-refractivity contribution < 1.29 is 14.7 Å². The predicted molar refractivity (Wildman–Crippen MR) is 123 cm³/mol. The number of allylic oxidation sites excluding steroid dienone is 5. The minimum Gasteiger partial charge on any atom is -0.512 e. The maximum atomic E-state index is 8.41. The monoisotopic (exact) mass is 395 g/mol. The van der Waals surface area contributed by atoms with Crippen molar-refractivity contribution in [3.05, 3.63) is 138 Å². The number of hydrogen-bond donors (Lipinski definition) is 2. The highest BCUT2D eigenvalue weighted by molar-refractivity contribution is 6.33. The van der Waals surface area contributed by atoms with E-state index in [1.54, 1.807) is 12.1 Å². The summed E-state index contributed by atoms with van der Waals surface area (Å²) in [5, 5.41) is 16.8. The molecule has 1 aliphatic carbocycles. The van der Waals surface area contributed by atoms with Crippen LogP contribution in [-0.2, 0) is 0 Å². The first-order valence-corrected chi connectivity index (χ1v) is 9.76. The molecule has 3 nitrogen and oxygen atoms in total. The van der Waals surface area contributed by atoms with Crippen LogP contribution in [0.5, 0.6) is 5.75 Å². The van der Waals surface area contributed by atoms with Gasteiger partial charge in [-0.15, -0.1) is 0 Å². The largest absolute Gasteiger partial charge is 0.707 e. The topological polar surface area (TPSA) is 49.7 Å². The Labute approximate surface area is 178 Å². The van der Waals surface area contributed by atoms with E-state index in [2.05, 4.69) is 96.0 Å². The average molecular weight is 395 g/mol. The molecular formula is C26H24BO3+. The summed E-state index contributed by atoms with van der Waals surface area (Å²) < 4.78 is 4.58. The second-order valence-electron chi connectivity index (χ2n) is 6.73. The molecule has 0 unspecified atom stereocenters. The summed E-state index contributed by atoms with van der Waals surface area (Å²) in [6, 6.07) is 28.1. The minimum atomic E-state index is -1.74. The van der Waals surface area contributed by atoms with Crippen molar-refractivity contribution in [1.29, 1.82) is 0 Å². The van der Waals surface area contributed by atoms with Crippen LogP contribution in [0.4, 0.5) is 0 Å². The Morgan fingerprint density at radius 3 is 1.80 bits per heavy atom. The van der Waals surface area contributed by atoms with Gasteiger partial charge in [0.2, 0.25) is 0 Å². The van der Waals surface area contributed by atoms with Gasteiger partial charge >= 0.3 is 7.32 Å². The van der Waals surface area contributed by atoms with Crippen LogP contribution >= 0.6 is 0 Å². The SMILES string of the molecule is C1=C[CH+]C(=C(c2ccccc2)c2ccccc2)C=C1.Cc1ccc(OB(O)O)cc1. The van der Waals surface area contributed by atoms with Crippen LogP contribution < -0.4 is 4.65 Å². The van der Waals surface area contributed by atoms with E-state index in [1.165, 1.54) is 22.3 Å². The van der Waals surface area contributed by atoms with Crippen LogP contribution in [0.3, 0.4) is 0 Å². The van der Waals surface area contributed by atoms with Gasteiger partial charge in [-0.3, -0.25) is 0 Å². The second-order valence-corrected chi connectivity index (χ2v) is 6.73. The van der Waals surface area contributed by atoms with Crippen molar-refractivity contribution in [2.75, 3.05) is 0 Å². The van der Waals surface area contributed by atoms with Crippen LogP contribution in [-0.4, -0.2) is 17.4 Å². The van der Waals surface area contributed by atoms with Crippen LogP contribution in [0, 0.1) is 13.3 Å². The van der Waals surface area contributed by atoms with Crippen LogP contribution in [0.15, 0.2) is 115 Å². The fourth-order valence-electron chi connectivity index (χ4n) is 3.05. The lowest BCUT2D eigenvalue weighted by Gasteiger charge is -2.08. The highest BCUT2D eigenvalue weighted by atomic mass is 16.6. The lowest BCUT2D eigenvalue weighted by molar-refractivity contribution is 0.288. The fourth-order valence-corrected chi connectivity index (χ4v) is 3.05. The normalized spacial score (nSPS) is 11.8. The van der Waals surface area contributed by atoms with Crippen molar-refractivity contribution in [2.45, 2.75) is 6.92 Å². The van der Waals surface area contributed by atoms with Gasteiger partial charge < -0.3 is 14.7 Å². The van der Waals surface area contributed by atoms with Gasteiger partial charge in [0.05, 0.1) is 5.57 Å². The lowest BCUT2D eigenvalue weighted by Crippen LogP contribution is -2.20. The molecule has 0 heterocycles. The third-order valence-electron chi connectivity index (χ3n) is 4.45. The molecule has 1 aliphatic rings. The Morgan fingerprint density at radius 2 is 1.33 bits per heavy atom. The summed E-state index contributed by atoms with van der Waals surface area (Å²) in [5.74, 6) is 0.450. The molecule has 0 fully saturated rings. The third kappa shape index (κ3) is 6.28. The fraction of sp³-hybridized carbons (Fsp3) is 0.0385. The predicted octanol–water partition coefficient (Wildman–Crippen LogP) is 5.16. The van der Waals surface area contributed by atoms with E-state index >= 15 is 0 Å². The van der Waals surface area contributed by atoms with Gasteiger partial charge in [0.15, 0.2) is 0 Å². The number of benzene rings is 3. The molecular weight excluding hydrogens is 371 g/mol. The smallest absolute Gasteiger partial charge is 0.512 e. The van der Waals surface area contributed by atoms with Gasteiger partial charge in [-0.05, 0) is 43.3 Å². The zero-order valence-electron chi connectivity index (χ0n) is 16.8. The summed E-state index contributed by atoms with van der Waals surface area (Å²) in [5.41, 5.74) is 6.13. The summed E-state index contributed by atoms with van der Waals surface area (Å²) >= 11 is 0. The van der Waals surface area contributed by atoms with Crippen molar-refractivity contribution in [2.24, 2.45) is 0 Å². The standard InChI is InChI=1S/C19H15.C7H9BO3/c1-4-10-16(11-5-1)19(17-12-6-2-7-13-17)18-14-8-3-9-15-18;1-6-2-4-7(5-3-6)11-8(9)10/h1-15H;2-5,9-10H,1H3/q+1;. The molecule has 0 atom stereocenters. The van der Waals surface area contributed by atoms with Gasteiger partial charge in [-0.25, -0.2) is 0 Å². The second kappa shape index (κ2) is 10.9. The third-order valence-corrected chi connectivity index (χ3v) is 4.45. The van der Waals surface area contributed by atoms with E-state index in [0.29, 0.717) is 5.75 Å². The summed E-state index contributed by atoms with van der Waals surface area (Å²) in [4.78, 5) is 0. The molecule has 148 valence electrons. The Balaban J connectivity index is 0.000000199. The van der Waals surface area contributed by atoms with E-state index < -0.39 is 7.32 Å². The van der Waals surface area contributed by atoms with Crippen molar-refractivity contribution in [3.8, 4) is 5.75 Å². The van der Waals surface area contributed by atoms with E-state index in [4.69, 9.17) is 10.0 Å². The van der Waals surface area contributed by atoms with Gasteiger partial charge in [0, 0.05) is 41.9 Å². The van der Waals surface area contributed by atoms with E-state index in [0.717, 1.165) is 5.56 Å². The molecule has 0 spiro atoms. The molecule has 0 aromatic heterocycles. The molecule has 2 N–H and O–H groups in total. The average Bonchev–Trinajstić information content (AvgIpc) is 2.78. The van der Waals surface area contributed by atoms with Gasteiger partial charge in [0.1, 0.15) is 11.3 Å². The molecule has 0 saturated heterocycles. The summed E-state index contributed by atoms with van der Waals surface area (Å²) in [6.45, 7) is 1.94. The van der Waals surface area contributed by atoms with Crippen LogP contribution in [0.1, 0.15) is 16.7 Å². The molecule has 0 radical (unpaired) electrons. The van der Waals surface area contributed by atoms with E-state index in [-0.39, 0.29) is 0 Å². The van der Waals surface area contributed by atoms with Crippen molar-refractivity contribution in [3.63, 3.8) is 0 Å². The summed E-state index contributed by atoms with van der Waals surface area (Å²) in [7, 11) is -1.74. The number of hydrogen-bond acceptors (Lipinski definition) is 3. The first-order chi connectivity index (χ1) is 14.6. The van der Waals surface area contributed by atoms with Gasteiger partial charge in [-0.1, -0.05) is 54.1 Å². The van der Waals surface area contributed by atoms with E-state index in [9.17, 15) is 0 Å². The Kier molecular flexibility index (Phi) is 7.73. The highest BCUT2D eigenvalue weighted by Crippen LogP contribution is 2.30. The number of rotatable bonds is 4. The Hall–Kier alpha value is -3.47. The van der Waals surface area contributed by atoms with Crippen LogP contribution in [0.25, 0.3) is 5.57 Å². The van der Waals surface area contributed by atoms with Crippen molar-refractivity contribution in [1.82, 2.24) is 0 Å². The van der Waals surface area contributed by atoms with Gasteiger partial charge in [0.25, 0.3) is 0 Å². The minimum absolute atomic E-state index is 0.450. The van der Waals surface area contributed by atoms with Crippen LogP contribution in [0.2, 0.25) is 0 Å². The molecule has 4 rings (SSSR count). The highest BCUT2D eigenvalue weighted by Gasteiger charge is 2.16. The molecule has 0 saturated carbocycles. The molecule has 0 bridgehead atoms. The molecule has 30 heavy (non-hydrogen) atoms. The lowest BCUT2D eigenvalue weighted by atomic mass is 9.90. The molecule has 0 aliphatic heterocycles. The Bertz CT molecular complexity index is 964. The van der Waals surface area contributed by atoms with Gasteiger partial charge in [-0.2, -0.15) is 0 Å². The quantitative estimate of drug-likeness (QED) is 0.474. The summed E-state index contributed by atoms with van der Waals surface area (Å²) in [6.07, 6.45) is 10.5. The maximum absolute atomic E-state index is 8.41.